The van der Waals surface area contributed by atoms with Gasteiger partial charge in [-0.25, -0.2) is 0 Å². The van der Waals surface area contributed by atoms with E-state index in [1.165, 1.54) is 64.9 Å². The quantitative estimate of drug-likeness (QED) is 0.0976. The largest absolute Gasteiger partial charge is 0.206 e. The number of benzene rings is 8. The van der Waals surface area contributed by atoms with Crippen LogP contribution in [0.2, 0.25) is 5.54 Å². The van der Waals surface area contributed by atoms with Crippen molar-refractivity contribution in [3.63, 3.8) is 0 Å². The van der Waals surface area contributed by atoms with Crippen molar-refractivity contribution in [1.29, 1.82) is 0 Å². The summed E-state index contributed by atoms with van der Waals surface area (Å²) in [7, 11) is -2.66. The average Bonchev–Trinajstić information content (AvgIpc) is 3.22. The Bertz CT molecular complexity index is 2560. The smallest absolute Gasteiger partial charge is 0.114 e. The Morgan fingerprint density at radius 1 is 0.431 bits per heavy atom. The molecule has 0 saturated carbocycles. The van der Waals surface area contributed by atoms with E-state index >= 15 is 0 Å². The van der Waals surface area contributed by atoms with Gasteiger partial charge in [-0.15, -0.1) is 5.54 Å². The number of rotatable bonds is 5. The van der Waals surface area contributed by atoms with Gasteiger partial charge in [-0.1, -0.05) is 206 Å². The zero-order valence-electron chi connectivity index (χ0n) is 28.3. The second kappa shape index (κ2) is 13.3. The Kier molecular flexibility index (Phi) is 8.01. The van der Waals surface area contributed by atoms with Gasteiger partial charge in [0.2, 0.25) is 8.07 Å². The number of hydrogen-bond acceptors (Lipinski definition) is 0. The highest BCUT2D eigenvalue weighted by atomic mass is 28.3. The summed E-state index contributed by atoms with van der Waals surface area (Å²) in [4.78, 5) is 0. The molecule has 51 heavy (non-hydrogen) atoms. The Hall–Kier alpha value is -6.20. The lowest BCUT2D eigenvalue weighted by Crippen LogP contribution is -2.60. The van der Waals surface area contributed by atoms with Crippen LogP contribution in [0.25, 0.3) is 54.6 Å². The zero-order chi connectivity index (χ0) is 34.0. The van der Waals surface area contributed by atoms with Crippen molar-refractivity contribution in [2.75, 3.05) is 0 Å². The van der Waals surface area contributed by atoms with Crippen molar-refractivity contribution in [1.82, 2.24) is 0 Å². The predicted molar refractivity (Wildman–Crippen MR) is 221 cm³/mol. The van der Waals surface area contributed by atoms with Gasteiger partial charge in [-0.05, 0) is 76.9 Å². The molecule has 0 fully saturated rings. The minimum Gasteiger partial charge on any atom is -0.114 e. The average molecular weight is 665 g/mol. The van der Waals surface area contributed by atoms with E-state index in [9.17, 15) is 0 Å². The first-order chi connectivity index (χ1) is 25.3. The van der Waals surface area contributed by atoms with Gasteiger partial charge < -0.3 is 0 Å². The van der Waals surface area contributed by atoms with E-state index in [1.54, 1.807) is 0 Å². The van der Waals surface area contributed by atoms with Crippen molar-refractivity contribution < 1.29 is 0 Å². The fourth-order valence-corrected chi connectivity index (χ4v) is 12.5. The molecule has 0 spiro atoms. The molecule has 0 heterocycles. The highest BCUT2D eigenvalue weighted by Gasteiger charge is 2.42. The predicted octanol–water partition coefficient (Wildman–Crippen LogP) is 11.5. The maximum Gasteiger partial charge on any atom is 0.206 e. The van der Waals surface area contributed by atoms with Crippen molar-refractivity contribution in [3.8, 4) is 33.7 Å². The topological polar surface area (TPSA) is 0 Å². The molecule has 1 aliphatic rings. The minimum absolute atomic E-state index is 0.311. The van der Waals surface area contributed by atoms with Gasteiger partial charge in [0, 0.05) is 5.56 Å². The summed E-state index contributed by atoms with van der Waals surface area (Å²) in [6, 6.07) is 64.2. The van der Waals surface area contributed by atoms with Crippen LogP contribution in [0.15, 0.2) is 200 Å². The van der Waals surface area contributed by atoms with Crippen LogP contribution < -0.4 is 10.4 Å². The summed E-state index contributed by atoms with van der Waals surface area (Å²) in [5, 5.41) is 10.1. The first-order valence-corrected chi connectivity index (χ1v) is 19.9. The van der Waals surface area contributed by atoms with Crippen LogP contribution in [0.1, 0.15) is 12.0 Å². The van der Waals surface area contributed by atoms with Gasteiger partial charge in [0.25, 0.3) is 0 Å². The fraction of sp³-hybridized carbons (Fsp3) is 0.0400. The molecule has 0 amide bonds. The van der Waals surface area contributed by atoms with Gasteiger partial charge in [0.15, 0.2) is 0 Å². The number of hydrogen-bond donors (Lipinski definition) is 0. The van der Waals surface area contributed by atoms with E-state index in [1.807, 2.05) is 0 Å². The van der Waals surface area contributed by atoms with Crippen molar-refractivity contribution >= 4 is 50.8 Å². The highest BCUT2D eigenvalue weighted by Crippen LogP contribution is 2.43. The molecule has 8 aromatic carbocycles. The molecule has 0 aromatic heterocycles. The summed E-state index contributed by atoms with van der Waals surface area (Å²) in [6.07, 6.45) is 10.1. The van der Waals surface area contributed by atoms with Crippen molar-refractivity contribution in [2.45, 2.75) is 12.0 Å². The maximum atomic E-state index is 4.15. The molecule has 0 bridgehead atoms. The van der Waals surface area contributed by atoms with Gasteiger partial charge in [0.1, 0.15) is 0 Å². The summed E-state index contributed by atoms with van der Waals surface area (Å²) in [6.45, 7) is 0. The number of allylic oxidation sites excluding steroid dienone is 4. The standard InChI is InChI=1S/C50H36Si/c1-5-19-37(20-6-1)41-33-34-49(43-28-14-13-27-42(41)43)50-47-31-17-15-29-44(47)46(45-30-16-18-32-48(45)50)35-36-51(38-21-7-2-8-22-38,39-23-9-3-10-24-39)40-25-11-4-12-26-40/h1-25,27-34,40H,26H2. The Balaban J connectivity index is 1.34. The second-order valence-corrected chi connectivity index (χ2v) is 17.1. The van der Waals surface area contributed by atoms with Crippen molar-refractivity contribution in [3.05, 3.63) is 206 Å². The van der Waals surface area contributed by atoms with Crippen LogP contribution in [-0.2, 0) is 0 Å². The molecule has 1 aliphatic carbocycles. The summed E-state index contributed by atoms with van der Waals surface area (Å²) in [5.41, 5.74) is 10.6. The molecule has 9 rings (SSSR count). The van der Waals surface area contributed by atoms with E-state index in [4.69, 9.17) is 0 Å². The molecule has 0 N–H and O–H groups in total. The van der Waals surface area contributed by atoms with Gasteiger partial charge in [0.05, 0.1) is 0 Å². The van der Waals surface area contributed by atoms with Gasteiger partial charge in [-0.3, -0.25) is 0 Å². The lowest BCUT2D eigenvalue weighted by atomic mass is 9.85. The van der Waals surface area contributed by atoms with Gasteiger partial charge in [-0.2, -0.15) is 0 Å². The monoisotopic (exact) mass is 664 g/mol. The molecular weight excluding hydrogens is 629 g/mol. The molecule has 0 nitrogen and oxygen atoms in total. The third-order valence-corrected chi connectivity index (χ3v) is 15.1. The fourth-order valence-electron chi connectivity index (χ4n) is 8.24. The SMILES string of the molecule is C(#C[Si](c1ccccc1)(c1ccccc1)C1C=CC=CC1)c1c2ccccc2c(-c2ccc(-c3ccccc3)c3ccccc23)c2ccccc12. The Morgan fingerprint density at radius 3 is 1.45 bits per heavy atom. The van der Waals surface area contributed by atoms with Crippen LogP contribution >= 0.6 is 0 Å². The maximum absolute atomic E-state index is 4.15. The third-order valence-electron chi connectivity index (χ3n) is 10.6. The molecule has 1 heteroatoms. The molecule has 1 unspecified atom stereocenters. The molecule has 1 atom stereocenters. The van der Waals surface area contributed by atoms with Crippen LogP contribution in [0.5, 0.6) is 0 Å². The highest BCUT2D eigenvalue weighted by molar-refractivity contribution is 7.09. The van der Waals surface area contributed by atoms with E-state index in [0.717, 1.165) is 12.0 Å². The van der Waals surface area contributed by atoms with Crippen LogP contribution in [0, 0.1) is 11.5 Å². The minimum atomic E-state index is -2.66. The van der Waals surface area contributed by atoms with Crippen LogP contribution in [0.4, 0.5) is 0 Å². The van der Waals surface area contributed by atoms with E-state index < -0.39 is 8.07 Å². The second-order valence-electron chi connectivity index (χ2n) is 13.4. The summed E-state index contributed by atoms with van der Waals surface area (Å²) >= 11 is 0. The molecule has 0 radical (unpaired) electrons. The van der Waals surface area contributed by atoms with Crippen molar-refractivity contribution in [2.24, 2.45) is 0 Å². The first-order valence-electron chi connectivity index (χ1n) is 17.8. The summed E-state index contributed by atoms with van der Waals surface area (Å²) in [5.74, 6) is 3.97. The third kappa shape index (κ3) is 5.33. The van der Waals surface area contributed by atoms with E-state index in [2.05, 4.69) is 212 Å². The van der Waals surface area contributed by atoms with Crippen LogP contribution in [0.3, 0.4) is 0 Å². The zero-order valence-corrected chi connectivity index (χ0v) is 29.3. The lowest BCUT2D eigenvalue weighted by molar-refractivity contribution is 0.999. The molecule has 0 saturated heterocycles. The first kappa shape index (κ1) is 30.8. The Labute approximate surface area is 301 Å². The normalized spacial score (nSPS) is 14.1. The Morgan fingerprint density at radius 2 is 0.902 bits per heavy atom. The molecular formula is C50H36Si. The van der Waals surface area contributed by atoms with E-state index in [-0.39, 0.29) is 0 Å². The molecule has 8 aromatic rings. The molecule has 0 aliphatic heterocycles. The van der Waals surface area contributed by atoms with Gasteiger partial charge >= 0.3 is 0 Å². The van der Waals surface area contributed by atoms with E-state index in [0.29, 0.717) is 5.54 Å². The van der Waals surface area contributed by atoms with Crippen LogP contribution in [-0.4, -0.2) is 8.07 Å². The molecule has 240 valence electrons. The summed E-state index contributed by atoms with van der Waals surface area (Å²) < 4.78 is 0. The lowest BCUT2D eigenvalue weighted by Gasteiger charge is -2.34. The number of fused-ring (bicyclic) bond motifs is 3.